The molecule has 2 fully saturated rings. The van der Waals surface area contributed by atoms with Crippen molar-refractivity contribution in [3.63, 3.8) is 0 Å². The fourth-order valence-corrected chi connectivity index (χ4v) is 5.26. The minimum atomic E-state index is -2.83. The molecule has 5 nitrogen and oxygen atoms in total. The minimum Gasteiger partial charge on any atom is -0.372 e. The van der Waals surface area contributed by atoms with Crippen molar-refractivity contribution in [1.29, 1.82) is 0 Å². The lowest BCUT2D eigenvalue weighted by atomic mass is 10.1. The van der Waals surface area contributed by atoms with Crippen LogP contribution in [0, 0.1) is 0 Å². The van der Waals surface area contributed by atoms with Gasteiger partial charge >= 0.3 is 0 Å². The molecular weight excluding hydrogens is 312 g/mol. The van der Waals surface area contributed by atoms with Gasteiger partial charge in [-0.2, -0.15) is 0 Å². The number of hydrogen-bond donors (Lipinski definition) is 1. The van der Waals surface area contributed by atoms with Crippen molar-refractivity contribution in [1.82, 2.24) is 5.32 Å². The highest BCUT2D eigenvalue weighted by Crippen LogP contribution is 2.25. The van der Waals surface area contributed by atoms with E-state index >= 15 is 0 Å². The van der Waals surface area contributed by atoms with E-state index in [1.165, 1.54) is 11.3 Å². The highest BCUT2D eigenvalue weighted by atomic mass is 32.2. The maximum atomic E-state index is 11.6. The Kier molecular flexibility index (Phi) is 4.94. The number of ether oxygens (including phenoxy) is 1. The average Bonchev–Trinajstić information content (AvgIpc) is 2.84. The number of benzene rings is 1. The van der Waals surface area contributed by atoms with Crippen molar-refractivity contribution in [2.75, 3.05) is 29.5 Å². The van der Waals surface area contributed by atoms with Crippen LogP contribution < -0.4 is 10.2 Å². The van der Waals surface area contributed by atoms with Crippen LogP contribution >= 0.6 is 0 Å². The van der Waals surface area contributed by atoms with Gasteiger partial charge in [-0.05, 0) is 31.9 Å². The number of nitrogens with one attached hydrogen (secondary N) is 1. The highest BCUT2D eigenvalue weighted by Gasteiger charge is 2.28. The summed E-state index contributed by atoms with van der Waals surface area (Å²) in [5.74, 6) is 0.575. The summed E-state index contributed by atoms with van der Waals surface area (Å²) in [6.07, 6.45) is 1.16. The first-order valence-electron chi connectivity index (χ1n) is 8.35. The first-order valence-corrected chi connectivity index (χ1v) is 10.2. The van der Waals surface area contributed by atoms with E-state index in [-0.39, 0.29) is 24.0 Å². The zero-order valence-electron chi connectivity index (χ0n) is 13.9. The van der Waals surface area contributed by atoms with Crippen LogP contribution in [0.5, 0.6) is 0 Å². The number of para-hydroxylation sites is 1. The van der Waals surface area contributed by atoms with Crippen LogP contribution in [0.3, 0.4) is 0 Å². The Morgan fingerprint density at radius 3 is 2.57 bits per heavy atom. The van der Waals surface area contributed by atoms with E-state index in [0.29, 0.717) is 12.3 Å². The van der Waals surface area contributed by atoms with Gasteiger partial charge in [-0.3, -0.25) is 0 Å². The maximum absolute atomic E-state index is 11.6. The molecule has 2 heterocycles. The van der Waals surface area contributed by atoms with Crippen LogP contribution in [-0.2, 0) is 21.1 Å². The molecule has 0 amide bonds. The maximum Gasteiger partial charge on any atom is 0.151 e. The second kappa shape index (κ2) is 6.79. The quantitative estimate of drug-likeness (QED) is 0.903. The third-order valence-electron chi connectivity index (χ3n) is 4.57. The number of nitrogens with zero attached hydrogens (tertiary/aromatic N) is 1. The molecule has 0 radical (unpaired) electrons. The van der Waals surface area contributed by atoms with E-state index in [0.717, 1.165) is 19.5 Å². The summed E-state index contributed by atoms with van der Waals surface area (Å²) in [4.78, 5) is 2.38. The van der Waals surface area contributed by atoms with Gasteiger partial charge in [-0.25, -0.2) is 8.42 Å². The molecule has 1 aromatic carbocycles. The summed E-state index contributed by atoms with van der Waals surface area (Å²) >= 11 is 0. The van der Waals surface area contributed by atoms with Crippen LogP contribution in [-0.4, -0.2) is 51.3 Å². The molecule has 1 aromatic rings. The molecule has 0 bridgehead atoms. The molecule has 3 rings (SSSR count). The summed E-state index contributed by atoms with van der Waals surface area (Å²) in [5, 5.41) is 3.42. The molecule has 3 atom stereocenters. The van der Waals surface area contributed by atoms with Gasteiger partial charge in [-0.15, -0.1) is 0 Å². The number of hydrogen-bond acceptors (Lipinski definition) is 5. The fraction of sp³-hybridized carbons (Fsp3) is 0.647. The smallest absolute Gasteiger partial charge is 0.151 e. The van der Waals surface area contributed by atoms with Gasteiger partial charge in [0.1, 0.15) is 0 Å². The first kappa shape index (κ1) is 16.7. The Morgan fingerprint density at radius 2 is 1.91 bits per heavy atom. The Morgan fingerprint density at radius 1 is 1.22 bits per heavy atom. The van der Waals surface area contributed by atoms with E-state index in [4.69, 9.17) is 4.74 Å². The minimum absolute atomic E-state index is 0.0793. The van der Waals surface area contributed by atoms with Crippen molar-refractivity contribution in [2.24, 2.45) is 0 Å². The van der Waals surface area contributed by atoms with Crippen LogP contribution in [0.15, 0.2) is 24.3 Å². The van der Waals surface area contributed by atoms with Crippen molar-refractivity contribution in [2.45, 2.75) is 45.1 Å². The van der Waals surface area contributed by atoms with Crippen LogP contribution in [0.4, 0.5) is 5.69 Å². The van der Waals surface area contributed by atoms with E-state index < -0.39 is 9.84 Å². The van der Waals surface area contributed by atoms with Crippen molar-refractivity contribution >= 4 is 15.5 Å². The molecule has 1 N–H and O–H groups in total. The molecule has 2 saturated heterocycles. The topological polar surface area (TPSA) is 58.6 Å². The number of morpholine rings is 1. The molecule has 0 aliphatic carbocycles. The Labute approximate surface area is 138 Å². The predicted octanol–water partition coefficient (Wildman–Crippen LogP) is 1.58. The average molecular weight is 338 g/mol. The number of rotatable bonds is 4. The predicted molar refractivity (Wildman–Crippen MR) is 92.6 cm³/mol. The normalized spacial score (nSPS) is 30.5. The van der Waals surface area contributed by atoms with Gasteiger partial charge in [-0.1, -0.05) is 18.2 Å². The summed E-state index contributed by atoms with van der Waals surface area (Å²) in [6.45, 7) is 6.69. The zero-order valence-corrected chi connectivity index (χ0v) is 14.7. The Balaban J connectivity index is 1.68. The van der Waals surface area contributed by atoms with Crippen LogP contribution in [0.25, 0.3) is 0 Å². The molecule has 6 heteroatoms. The lowest BCUT2D eigenvalue weighted by molar-refractivity contribution is -0.00526. The van der Waals surface area contributed by atoms with E-state index in [1.807, 2.05) is 6.07 Å². The molecule has 0 saturated carbocycles. The molecule has 0 unspecified atom stereocenters. The fourth-order valence-electron chi connectivity index (χ4n) is 3.55. The Bertz CT molecular complexity index is 637. The third-order valence-corrected chi connectivity index (χ3v) is 6.33. The molecule has 2 aliphatic heterocycles. The van der Waals surface area contributed by atoms with Gasteiger partial charge in [0.25, 0.3) is 0 Å². The third kappa shape index (κ3) is 4.25. The number of anilines is 1. The summed E-state index contributed by atoms with van der Waals surface area (Å²) in [5.41, 5.74) is 2.45. The molecule has 0 aromatic heterocycles. The Hall–Kier alpha value is -1.11. The summed E-state index contributed by atoms with van der Waals surface area (Å²) in [6, 6.07) is 8.45. The van der Waals surface area contributed by atoms with Crippen LogP contribution in [0.2, 0.25) is 0 Å². The van der Waals surface area contributed by atoms with Crippen molar-refractivity contribution < 1.29 is 13.2 Å². The summed E-state index contributed by atoms with van der Waals surface area (Å²) < 4.78 is 29.0. The zero-order chi connectivity index (χ0) is 16.4. The van der Waals surface area contributed by atoms with Gasteiger partial charge in [0.2, 0.25) is 0 Å². The largest absolute Gasteiger partial charge is 0.372 e. The highest BCUT2D eigenvalue weighted by molar-refractivity contribution is 7.91. The summed E-state index contributed by atoms with van der Waals surface area (Å²) in [7, 11) is -2.83. The van der Waals surface area contributed by atoms with Gasteiger partial charge < -0.3 is 15.0 Å². The standard InChI is InChI=1S/C17H26N2O3S/c1-13-10-19(11-14(2)22-13)17-6-4-3-5-15(17)9-18-16-7-8-23(20,21)12-16/h3-6,13-14,16,18H,7-12H2,1-2H3/t13-,14+,16-/m1/s1. The lowest BCUT2D eigenvalue weighted by Gasteiger charge is -2.38. The molecular formula is C17H26N2O3S. The van der Waals surface area contributed by atoms with Gasteiger partial charge in [0.15, 0.2) is 9.84 Å². The first-order chi connectivity index (χ1) is 10.9. The second-order valence-electron chi connectivity index (χ2n) is 6.77. The van der Waals surface area contributed by atoms with Gasteiger partial charge in [0, 0.05) is 31.4 Å². The second-order valence-corrected chi connectivity index (χ2v) is 9.00. The SMILES string of the molecule is C[C@@H]1CN(c2ccccc2CN[C@@H]2CCS(=O)(=O)C2)C[C@H](C)O1. The molecule has 128 valence electrons. The van der Waals surface area contributed by atoms with Gasteiger partial charge in [0.05, 0.1) is 23.7 Å². The van der Waals surface area contributed by atoms with E-state index in [1.54, 1.807) is 0 Å². The lowest BCUT2D eigenvalue weighted by Crippen LogP contribution is -2.46. The number of sulfone groups is 1. The molecule has 0 spiro atoms. The van der Waals surface area contributed by atoms with E-state index in [2.05, 4.69) is 42.3 Å². The monoisotopic (exact) mass is 338 g/mol. The molecule has 2 aliphatic rings. The van der Waals surface area contributed by atoms with Crippen molar-refractivity contribution in [3.05, 3.63) is 29.8 Å². The van der Waals surface area contributed by atoms with Crippen LogP contribution in [0.1, 0.15) is 25.8 Å². The van der Waals surface area contributed by atoms with Crippen molar-refractivity contribution in [3.8, 4) is 0 Å². The van der Waals surface area contributed by atoms with E-state index in [9.17, 15) is 8.42 Å². The molecule has 23 heavy (non-hydrogen) atoms.